The Hall–Kier alpha value is -1.55. The minimum absolute atomic E-state index is 0.257. The van der Waals surface area contributed by atoms with Gasteiger partial charge in [0.15, 0.2) is 0 Å². The number of hydrogen-bond donors (Lipinski definition) is 0. The van der Waals surface area contributed by atoms with Gasteiger partial charge in [0.25, 0.3) is 0 Å². The fourth-order valence-electron chi connectivity index (χ4n) is 4.30. The van der Waals surface area contributed by atoms with Crippen LogP contribution in [0.1, 0.15) is 58.8 Å². The van der Waals surface area contributed by atoms with E-state index < -0.39 is 0 Å². The van der Waals surface area contributed by atoms with Crippen molar-refractivity contribution in [3.8, 4) is 5.75 Å². The summed E-state index contributed by atoms with van der Waals surface area (Å²) in [7, 11) is 0. The number of anilines is 1. The van der Waals surface area contributed by atoms with Crippen molar-refractivity contribution in [2.24, 2.45) is 5.92 Å². The Morgan fingerprint density at radius 2 is 2.00 bits per heavy atom. The van der Waals surface area contributed by atoms with E-state index in [9.17, 15) is 4.79 Å². The Morgan fingerprint density at radius 1 is 1.19 bits per heavy atom. The molecule has 26 heavy (non-hydrogen) atoms. The summed E-state index contributed by atoms with van der Waals surface area (Å²) in [5.41, 5.74) is 1.00. The van der Waals surface area contributed by atoms with E-state index in [1.54, 1.807) is 0 Å². The maximum atomic E-state index is 12.2. The standard InChI is InChI=1S/C22H34N2O2/c1-3-7-19-16-22(25)24(17-19)20-9-11-21(12-10-20)26-15-6-14-23-13-5-4-8-18(23)2/h9-12,18-19H,3-8,13-17H2,1-2H3/t18?,19-/m1/s1. The minimum Gasteiger partial charge on any atom is -0.494 e. The number of ether oxygens (including phenoxy) is 1. The molecule has 0 aliphatic carbocycles. The van der Waals surface area contributed by atoms with E-state index in [2.05, 4.69) is 18.7 Å². The number of carbonyl (C=O) groups is 1. The largest absolute Gasteiger partial charge is 0.494 e. The van der Waals surface area contributed by atoms with Gasteiger partial charge in [-0.05, 0) is 69.3 Å². The van der Waals surface area contributed by atoms with Gasteiger partial charge in [0.1, 0.15) is 5.75 Å². The molecule has 144 valence electrons. The molecule has 2 atom stereocenters. The molecule has 4 nitrogen and oxygen atoms in total. The van der Waals surface area contributed by atoms with Gasteiger partial charge >= 0.3 is 0 Å². The van der Waals surface area contributed by atoms with Crippen LogP contribution in [0.3, 0.4) is 0 Å². The molecule has 0 radical (unpaired) electrons. The number of benzene rings is 1. The first kappa shape index (κ1) is 19.2. The maximum absolute atomic E-state index is 12.2. The van der Waals surface area contributed by atoms with Crippen LogP contribution in [0.15, 0.2) is 24.3 Å². The molecule has 0 bridgehead atoms. The van der Waals surface area contributed by atoms with Crippen molar-refractivity contribution in [2.75, 3.05) is 31.1 Å². The van der Waals surface area contributed by atoms with Crippen molar-refractivity contribution >= 4 is 11.6 Å². The van der Waals surface area contributed by atoms with Crippen LogP contribution in [0.4, 0.5) is 5.69 Å². The Kier molecular flexibility index (Phi) is 6.95. The number of carbonyl (C=O) groups excluding carboxylic acids is 1. The van der Waals surface area contributed by atoms with E-state index >= 15 is 0 Å². The van der Waals surface area contributed by atoms with Gasteiger partial charge in [-0.15, -0.1) is 0 Å². The second-order valence-electron chi connectivity index (χ2n) is 7.94. The summed E-state index contributed by atoms with van der Waals surface area (Å²) in [5, 5.41) is 0. The number of nitrogens with zero attached hydrogens (tertiary/aromatic N) is 2. The lowest BCUT2D eigenvalue weighted by atomic mass is 10.0. The summed E-state index contributed by atoms with van der Waals surface area (Å²) in [6.45, 7) is 8.50. The van der Waals surface area contributed by atoms with Crippen LogP contribution in [-0.2, 0) is 4.79 Å². The van der Waals surface area contributed by atoms with Gasteiger partial charge in [0.05, 0.1) is 6.61 Å². The smallest absolute Gasteiger partial charge is 0.227 e. The quantitative estimate of drug-likeness (QED) is 0.642. The van der Waals surface area contributed by atoms with Gasteiger partial charge in [0, 0.05) is 31.2 Å². The second kappa shape index (κ2) is 9.40. The molecule has 2 saturated heterocycles. The molecule has 2 aliphatic heterocycles. The predicted molar refractivity (Wildman–Crippen MR) is 107 cm³/mol. The summed E-state index contributed by atoms with van der Waals surface area (Å²) in [6, 6.07) is 8.76. The highest BCUT2D eigenvalue weighted by Gasteiger charge is 2.29. The molecule has 0 spiro atoms. The van der Waals surface area contributed by atoms with Crippen molar-refractivity contribution < 1.29 is 9.53 Å². The zero-order chi connectivity index (χ0) is 18.4. The molecule has 1 aromatic rings. The van der Waals surface area contributed by atoms with Gasteiger partial charge in [-0.25, -0.2) is 0 Å². The number of piperidine rings is 1. The third-order valence-electron chi connectivity index (χ3n) is 5.85. The van der Waals surface area contributed by atoms with E-state index in [1.165, 1.54) is 25.8 Å². The average Bonchev–Trinajstić information content (AvgIpc) is 3.01. The molecule has 2 aliphatic rings. The first-order valence-electron chi connectivity index (χ1n) is 10.4. The van der Waals surface area contributed by atoms with E-state index in [4.69, 9.17) is 4.74 Å². The molecular formula is C22H34N2O2. The molecule has 1 unspecified atom stereocenters. The number of hydrogen-bond acceptors (Lipinski definition) is 3. The SMILES string of the molecule is CCC[C@@H]1CC(=O)N(c2ccc(OCCCN3CCCCC3C)cc2)C1. The fourth-order valence-corrected chi connectivity index (χ4v) is 4.30. The summed E-state index contributed by atoms with van der Waals surface area (Å²) in [6.07, 6.45) is 8.08. The highest BCUT2D eigenvalue weighted by Crippen LogP contribution is 2.29. The van der Waals surface area contributed by atoms with E-state index in [-0.39, 0.29) is 5.91 Å². The molecule has 0 saturated carbocycles. The highest BCUT2D eigenvalue weighted by atomic mass is 16.5. The van der Waals surface area contributed by atoms with E-state index in [0.29, 0.717) is 12.3 Å². The molecule has 0 N–H and O–H groups in total. The third kappa shape index (κ3) is 5.00. The minimum atomic E-state index is 0.257. The van der Waals surface area contributed by atoms with Crippen LogP contribution < -0.4 is 9.64 Å². The van der Waals surface area contributed by atoms with Crippen LogP contribution in [-0.4, -0.2) is 43.1 Å². The monoisotopic (exact) mass is 358 g/mol. The summed E-state index contributed by atoms with van der Waals surface area (Å²) in [4.78, 5) is 16.7. The van der Waals surface area contributed by atoms with Crippen LogP contribution in [0.25, 0.3) is 0 Å². The Labute approximate surface area is 158 Å². The predicted octanol–water partition coefficient (Wildman–Crippen LogP) is 4.48. The van der Waals surface area contributed by atoms with Gasteiger partial charge < -0.3 is 14.5 Å². The average molecular weight is 359 g/mol. The normalized spacial score (nSPS) is 24.2. The lowest BCUT2D eigenvalue weighted by Crippen LogP contribution is -2.38. The van der Waals surface area contributed by atoms with Crippen molar-refractivity contribution in [1.82, 2.24) is 4.90 Å². The molecule has 1 aromatic carbocycles. The van der Waals surface area contributed by atoms with Crippen molar-refractivity contribution in [3.05, 3.63) is 24.3 Å². The van der Waals surface area contributed by atoms with Gasteiger partial charge in [0.2, 0.25) is 5.91 Å². The lowest BCUT2D eigenvalue weighted by molar-refractivity contribution is -0.117. The summed E-state index contributed by atoms with van der Waals surface area (Å²) < 4.78 is 5.91. The number of rotatable bonds is 8. The molecule has 2 fully saturated rings. The summed E-state index contributed by atoms with van der Waals surface area (Å²) in [5.74, 6) is 1.67. The first-order valence-corrected chi connectivity index (χ1v) is 10.4. The molecule has 4 heteroatoms. The van der Waals surface area contributed by atoms with Crippen molar-refractivity contribution in [2.45, 2.75) is 64.8 Å². The van der Waals surface area contributed by atoms with E-state index in [0.717, 1.165) is 56.4 Å². The van der Waals surface area contributed by atoms with E-state index in [1.807, 2.05) is 29.2 Å². The third-order valence-corrected chi connectivity index (χ3v) is 5.85. The Bertz CT molecular complexity index is 572. The highest BCUT2D eigenvalue weighted by molar-refractivity contribution is 5.95. The Balaban J connectivity index is 1.42. The number of likely N-dealkylation sites (tertiary alicyclic amines) is 1. The number of amides is 1. The van der Waals surface area contributed by atoms with Crippen LogP contribution >= 0.6 is 0 Å². The topological polar surface area (TPSA) is 32.8 Å². The van der Waals surface area contributed by atoms with Crippen LogP contribution in [0.2, 0.25) is 0 Å². The molecule has 2 heterocycles. The van der Waals surface area contributed by atoms with Crippen LogP contribution in [0, 0.1) is 5.92 Å². The second-order valence-corrected chi connectivity index (χ2v) is 7.94. The maximum Gasteiger partial charge on any atom is 0.227 e. The Morgan fingerprint density at radius 3 is 2.73 bits per heavy atom. The first-order chi connectivity index (χ1) is 12.7. The summed E-state index contributed by atoms with van der Waals surface area (Å²) >= 11 is 0. The molecular weight excluding hydrogens is 324 g/mol. The fraction of sp³-hybridized carbons (Fsp3) is 0.682. The molecule has 3 rings (SSSR count). The van der Waals surface area contributed by atoms with Gasteiger partial charge in [-0.3, -0.25) is 4.79 Å². The molecule has 1 amide bonds. The van der Waals surface area contributed by atoms with Gasteiger partial charge in [-0.1, -0.05) is 19.8 Å². The zero-order valence-electron chi connectivity index (χ0n) is 16.5. The van der Waals surface area contributed by atoms with Crippen molar-refractivity contribution in [3.63, 3.8) is 0 Å². The zero-order valence-corrected chi connectivity index (χ0v) is 16.5. The lowest BCUT2D eigenvalue weighted by Gasteiger charge is -2.33. The van der Waals surface area contributed by atoms with Crippen LogP contribution in [0.5, 0.6) is 5.75 Å². The van der Waals surface area contributed by atoms with Crippen molar-refractivity contribution in [1.29, 1.82) is 0 Å². The molecule has 0 aromatic heterocycles. The van der Waals surface area contributed by atoms with Gasteiger partial charge in [-0.2, -0.15) is 0 Å².